The molecular formula is C20H32ClFN4O2. The molecule has 28 heavy (non-hydrogen) atoms. The molecule has 0 amide bonds. The van der Waals surface area contributed by atoms with Crippen LogP contribution in [0.4, 0.5) is 4.39 Å². The van der Waals surface area contributed by atoms with Gasteiger partial charge in [-0.25, -0.2) is 4.39 Å². The summed E-state index contributed by atoms with van der Waals surface area (Å²) in [6, 6.07) is 6.03. The predicted octanol–water partition coefficient (Wildman–Crippen LogP) is 2.63. The van der Waals surface area contributed by atoms with Gasteiger partial charge in [-0.2, -0.15) is 5.10 Å². The zero-order chi connectivity index (χ0) is 21.7. The van der Waals surface area contributed by atoms with Crippen LogP contribution < -0.4 is 11.1 Å². The molecule has 0 atom stereocenters. The number of nitrogens with one attached hydrogen (secondary N) is 1. The van der Waals surface area contributed by atoms with Crippen LogP contribution in [0.15, 0.2) is 30.1 Å². The Morgan fingerprint density at radius 2 is 1.86 bits per heavy atom. The van der Waals surface area contributed by atoms with Crippen molar-refractivity contribution in [3.63, 3.8) is 0 Å². The number of nitrogens with two attached hydrogens (primary N) is 1. The van der Waals surface area contributed by atoms with E-state index in [1.807, 2.05) is 53.1 Å². The molecule has 1 heterocycles. The third kappa shape index (κ3) is 8.95. The van der Waals surface area contributed by atoms with Crippen molar-refractivity contribution in [1.29, 1.82) is 0 Å². The molecular weight excluding hydrogens is 383 g/mol. The highest BCUT2D eigenvalue weighted by Crippen LogP contribution is 2.24. The highest BCUT2D eigenvalue weighted by atomic mass is 35.5. The van der Waals surface area contributed by atoms with E-state index in [4.69, 9.17) is 27.5 Å². The lowest BCUT2D eigenvalue weighted by atomic mass is 10.0. The number of hydrogen-bond donors (Lipinski definition) is 4. The van der Waals surface area contributed by atoms with Crippen molar-refractivity contribution in [2.24, 2.45) is 5.73 Å². The number of benzene rings is 1. The molecule has 8 heteroatoms. The van der Waals surface area contributed by atoms with Crippen molar-refractivity contribution in [2.75, 3.05) is 27.4 Å². The van der Waals surface area contributed by atoms with Gasteiger partial charge in [0, 0.05) is 29.2 Å². The van der Waals surface area contributed by atoms with E-state index in [1.165, 1.54) is 6.08 Å². The maximum Gasteiger partial charge on any atom is 0.140 e. The van der Waals surface area contributed by atoms with E-state index in [0.29, 0.717) is 6.42 Å². The molecule has 0 aliphatic carbocycles. The summed E-state index contributed by atoms with van der Waals surface area (Å²) < 4.78 is 15.3. The molecule has 0 aliphatic rings. The fourth-order valence-electron chi connectivity index (χ4n) is 2.47. The number of halogens is 2. The van der Waals surface area contributed by atoms with Crippen LogP contribution in [0.5, 0.6) is 0 Å². The van der Waals surface area contributed by atoms with Gasteiger partial charge in [-0.05, 0) is 58.1 Å². The second-order valence-electron chi connectivity index (χ2n) is 6.11. The quantitative estimate of drug-likeness (QED) is 0.564. The minimum atomic E-state index is -0.750. The minimum absolute atomic E-state index is 0.117. The summed E-state index contributed by atoms with van der Waals surface area (Å²) in [7, 11) is 3.75. The molecule has 1 aromatic carbocycles. The molecule has 0 fully saturated rings. The Balaban J connectivity index is 0.00000108. The predicted molar refractivity (Wildman–Crippen MR) is 113 cm³/mol. The summed E-state index contributed by atoms with van der Waals surface area (Å²) >= 11 is 6.31. The van der Waals surface area contributed by atoms with Crippen LogP contribution in [0.1, 0.15) is 28.1 Å². The molecule has 5 N–H and O–H groups in total. The van der Waals surface area contributed by atoms with Crippen LogP contribution in [0.3, 0.4) is 0 Å². The Morgan fingerprint density at radius 3 is 2.36 bits per heavy atom. The Kier molecular flexibility index (Phi) is 13.4. The molecule has 0 aliphatic heterocycles. The number of aliphatic hydroxyl groups excluding tert-OH is 1. The van der Waals surface area contributed by atoms with Crippen molar-refractivity contribution in [2.45, 2.75) is 33.7 Å². The van der Waals surface area contributed by atoms with Gasteiger partial charge < -0.3 is 21.3 Å². The van der Waals surface area contributed by atoms with Gasteiger partial charge >= 0.3 is 0 Å². The van der Waals surface area contributed by atoms with Crippen LogP contribution in [-0.2, 0) is 13.0 Å². The summed E-state index contributed by atoms with van der Waals surface area (Å²) in [4.78, 5) is 0. The van der Waals surface area contributed by atoms with Crippen molar-refractivity contribution in [3.8, 4) is 0 Å². The van der Waals surface area contributed by atoms with Gasteiger partial charge in [-0.1, -0.05) is 23.7 Å². The maximum atomic E-state index is 13.6. The zero-order valence-corrected chi connectivity index (χ0v) is 18.0. The van der Waals surface area contributed by atoms with E-state index >= 15 is 0 Å². The molecule has 0 radical (unpaired) electrons. The summed E-state index contributed by atoms with van der Waals surface area (Å²) in [5, 5.41) is 22.2. The molecule has 158 valence electrons. The first-order chi connectivity index (χ1) is 13.2. The second kappa shape index (κ2) is 14.3. The number of aromatic nitrogens is 2. The van der Waals surface area contributed by atoms with Gasteiger partial charge in [0.25, 0.3) is 0 Å². The number of hydrogen-bond acceptors (Lipinski definition) is 5. The Labute approximate surface area is 171 Å². The lowest BCUT2D eigenvalue weighted by Gasteiger charge is -2.07. The van der Waals surface area contributed by atoms with Gasteiger partial charge in [0.15, 0.2) is 0 Å². The summed E-state index contributed by atoms with van der Waals surface area (Å²) in [6.07, 6.45) is 2.06. The first kappa shape index (κ1) is 26.2. The van der Waals surface area contributed by atoms with Crippen molar-refractivity contribution in [1.82, 2.24) is 15.1 Å². The number of allylic oxidation sites excluding steroid dienone is 1. The van der Waals surface area contributed by atoms with Gasteiger partial charge in [-0.3, -0.25) is 4.68 Å². The van der Waals surface area contributed by atoms with Crippen LogP contribution in [-0.4, -0.2) is 47.4 Å². The van der Waals surface area contributed by atoms with Crippen LogP contribution in [0.25, 0.3) is 0 Å². The first-order valence-corrected chi connectivity index (χ1v) is 9.26. The van der Waals surface area contributed by atoms with E-state index in [2.05, 4.69) is 10.4 Å². The lowest BCUT2D eigenvalue weighted by Crippen LogP contribution is -2.05. The second-order valence-corrected chi connectivity index (χ2v) is 6.51. The molecule has 1 aromatic heterocycles. The van der Waals surface area contributed by atoms with Gasteiger partial charge in [0.05, 0.1) is 12.2 Å². The maximum absolute atomic E-state index is 13.6. The van der Waals surface area contributed by atoms with Gasteiger partial charge in [0.2, 0.25) is 0 Å². The third-order valence-corrected chi connectivity index (χ3v) is 4.10. The Hall–Kier alpha value is -1.77. The van der Waals surface area contributed by atoms with E-state index < -0.39 is 6.79 Å². The smallest absolute Gasteiger partial charge is 0.140 e. The van der Waals surface area contributed by atoms with E-state index in [-0.39, 0.29) is 18.9 Å². The van der Waals surface area contributed by atoms with Gasteiger partial charge in [-0.15, -0.1) is 0 Å². The molecule has 2 aromatic rings. The molecule has 0 unspecified atom stereocenters. The third-order valence-electron chi connectivity index (χ3n) is 3.75. The summed E-state index contributed by atoms with van der Waals surface area (Å²) in [6.45, 7) is 5.46. The fourth-order valence-corrected chi connectivity index (χ4v) is 2.77. The Morgan fingerprint density at radius 1 is 1.29 bits per heavy atom. The molecule has 0 saturated heterocycles. The highest BCUT2D eigenvalue weighted by molar-refractivity contribution is 6.31. The van der Waals surface area contributed by atoms with Crippen molar-refractivity contribution >= 4 is 11.6 Å². The van der Waals surface area contributed by atoms with E-state index in [9.17, 15) is 4.39 Å². The normalized spacial score (nSPS) is 10.7. The number of aliphatic hydroxyl groups is 2. The van der Waals surface area contributed by atoms with Crippen LogP contribution in [0.2, 0.25) is 5.02 Å². The summed E-state index contributed by atoms with van der Waals surface area (Å²) in [5.41, 5.74) is 10.5. The number of aryl methyl sites for hydroxylation is 2. The average molecular weight is 415 g/mol. The van der Waals surface area contributed by atoms with E-state index in [1.54, 1.807) is 4.68 Å². The standard InChI is InChI=1S/C17H21ClFN3.C2H7N.CH4O2/c1-11-4-5-14(17(18)8-11)9-16-12(2)21-22(13(16)3)10-15(19)6-7-20;1-3-2;2-1-3/h4-6,8H,7,9-10,20H2,1-3H3;3H,1-2H3;2-3H,1H2/b15-6-;;. The monoisotopic (exact) mass is 414 g/mol. The Bertz CT molecular complexity index is 746. The molecule has 0 saturated carbocycles. The van der Waals surface area contributed by atoms with Crippen molar-refractivity contribution in [3.05, 3.63) is 63.2 Å². The first-order valence-electron chi connectivity index (χ1n) is 8.88. The molecule has 0 spiro atoms. The lowest BCUT2D eigenvalue weighted by molar-refractivity contribution is 0.0773. The average Bonchev–Trinajstić information content (AvgIpc) is 2.86. The van der Waals surface area contributed by atoms with Gasteiger partial charge in [0.1, 0.15) is 12.6 Å². The van der Waals surface area contributed by atoms with Crippen molar-refractivity contribution < 1.29 is 14.6 Å². The fraction of sp³-hybridized carbons (Fsp3) is 0.450. The minimum Gasteiger partial charge on any atom is -0.371 e. The SMILES string of the molecule is CNC.Cc1ccc(Cc2c(C)nn(C/C(F)=C/CN)c2C)c(Cl)c1.OCO. The van der Waals surface area contributed by atoms with E-state index in [0.717, 1.165) is 33.1 Å². The molecule has 6 nitrogen and oxygen atoms in total. The number of rotatable bonds is 5. The number of nitrogens with zero attached hydrogens (tertiary/aromatic N) is 2. The summed E-state index contributed by atoms with van der Waals surface area (Å²) in [5.74, 6) is -0.270. The van der Waals surface area contributed by atoms with Crippen LogP contribution in [0, 0.1) is 20.8 Å². The molecule has 0 bridgehead atoms. The highest BCUT2D eigenvalue weighted by Gasteiger charge is 2.14. The zero-order valence-electron chi connectivity index (χ0n) is 17.3. The van der Waals surface area contributed by atoms with Crippen LogP contribution >= 0.6 is 11.6 Å². The topological polar surface area (TPSA) is 96.3 Å². The largest absolute Gasteiger partial charge is 0.371 e. The molecule has 2 rings (SSSR count).